The molecule has 2 aromatic carbocycles. The maximum absolute atomic E-state index is 13.2. The van der Waals surface area contributed by atoms with E-state index in [0.29, 0.717) is 13.2 Å². The summed E-state index contributed by atoms with van der Waals surface area (Å²) in [4.78, 5) is 41.5. The van der Waals surface area contributed by atoms with E-state index in [1.165, 1.54) is 4.57 Å². The third-order valence-corrected chi connectivity index (χ3v) is 6.20. The Bertz CT molecular complexity index is 1290. The van der Waals surface area contributed by atoms with E-state index in [1.54, 1.807) is 6.92 Å². The van der Waals surface area contributed by atoms with Crippen molar-refractivity contribution in [3.8, 4) is 0 Å². The van der Waals surface area contributed by atoms with Gasteiger partial charge in [0.05, 0.1) is 26.3 Å². The van der Waals surface area contributed by atoms with Crippen molar-refractivity contribution < 1.29 is 9.53 Å². The van der Waals surface area contributed by atoms with Gasteiger partial charge in [0, 0.05) is 31.9 Å². The van der Waals surface area contributed by atoms with E-state index in [-0.39, 0.29) is 31.0 Å². The molecule has 2 heterocycles. The van der Waals surface area contributed by atoms with Crippen LogP contribution in [0.1, 0.15) is 28.4 Å². The quantitative estimate of drug-likeness (QED) is 0.452. The van der Waals surface area contributed by atoms with Crippen LogP contribution in [0.5, 0.6) is 0 Å². The Hall–Kier alpha value is -3.69. The molecule has 0 aliphatic carbocycles. The summed E-state index contributed by atoms with van der Waals surface area (Å²) in [6, 6.07) is 17.1. The Kier molecular flexibility index (Phi) is 7.79. The van der Waals surface area contributed by atoms with Gasteiger partial charge in [-0.05, 0) is 24.1 Å². The molecule has 35 heavy (non-hydrogen) atoms. The highest BCUT2D eigenvalue weighted by Crippen LogP contribution is 2.18. The van der Waals surface area contributed by atoms with Crippen LogP contribution in [0.25, 0.3) is 0 Å². The molecule has 0 saturated carbocycles. The molecule has 3 aromatic rings. The maximum atomic E-state index is 13.2. The fourth-order valence-electron chi connectivity index (χ4n) is 4.27. The number of morpholine rings is 1. The fraction of sp³-hybridized carbons (Fsp3) is 0.346. The summed E-state index contributed by atoms with van der Waals surface area (Å²) in [5.41, 5.74) is 7.62. The molecule has 4 rings (SSSR count). The maximum Gasteiger partial charge on any atom is 0.332 e. The summed E-state index contributed by atoms with van der Waals surface area (Å²) in [5, 5.41) is 3.18. The number of carbonyl (C=O) groups is 1. The Labute approximate surface area is 203 Å². The van der Waals surface area contributed by atoms with E-state index in [1.807, 2.05) is 54.6 Å². The van der Waals surface area contributed by atoms with Crippen LogP contribution in [-0.2, 0) is 24.4 Å². The third-order valence-electron chi connectivity index (χ3n) is 6.20. The second-order valence-corrected chi connectivity index (χ2v) is 8.49. The number of nitrogen functional groups attached to an aromatic ring is 1. The molecule has 0 bridgehead atoms. The number of carbonyl (C=O) groups excluding carboxylic acids is 1. The smallest absolute Gasteiger partial charge is 0.332 e. The van der Waals surface area contributed by atoms with Gasteiger partial charge in [-0.1, -0.05) is 48.5 Å². The van der Waals surface area contributed by atoms with Crippen LogP contribution in [0.3, 0.4) is 0 Å². The van der Waals surface area contributed by atoms with Gasteiger partial charge in [0.15, 0.2) is 5.78 Å². The van der Waals surface area contributed by atoms with Gasteiger partial charge in [0.2, 0.25) is 0 Å². The number of para-hydroxylation sites is 1. The number of hydrogen-bond acceptors (Lipinski definition) is 7. The number of Topliss-reactive ketones (excluding diaryl/α,β-unsaturated/α-hetero) is 1. The van der Waals surface area contributed by atoms with Crippen LogP contribution in [0.2, 0.25) is 0 Å². The summed E-state index contributed by atoms with van der Waals surface area (Å²) < 4.78 is 7.77. The summed E-state index contributed by atoms with van der Waals surface area (Å²) >= 11 is 0. The Balaban J connectivity index is 1.59. The van der Waals surface area contributed by atoms with Crippen molar-refractivity contribution in [3.05, 3.63) is 92.1 Å². The highest BCUT2D eigenvalue weighted by molar-refractivity contribution is 6.02. The number of ketones is 1. The number of nitrogens with two attached hydrogens (primary N) is 1. The standard InChI is InChI=1S/C26H31N5O4/c1-2-30-25(33)23(24(27)31(26(30)34)17-19-8-4-3-5-9-19)22(32)16-28-21-11-7-6-10-20(21)18-29-12-14-35-15-13-29/h3-11,28H,2,12-18,27H2,1H3. The molecule has 3 N–H and O–H groups in total. The largest absolute Gasteiger partial charge is 0.384 e. The van der Waals surface area contributed by atoms with Crippen molar-refractivity contribution in [2.24, 2.45) is 0 Å². The Morgan fingerprint density at radius 1 is 0.971 bits per heavy atom. The molecule has 1 aliphatic rings. The van der Waals surface area contributed by atoms with E-state index in [9.17, 15) is 14.4 Å². The molecule has 184 valence electrons. The molecule has 1 aromatic heterocycles. The number of nitrogens with one attached hydrogen (secondary N) is 1. The number of anilines is 2. The lowest BCUT2D eigenvalue weighted by molar-refractivity contribution is 0.0343. The first-order valence-corrected chi connectivity index (χ1v) is 11.8. The number of benzene rings is 2. The highest BCUT2D eigenvalue weighted by Gasteiger charge is 2.22. The van der Waals surface area contributed by atoms with Crippen LogP contribution in [0, 0.1) is 0 Å². The van der Waals surface area contributed by atoms with Crippen molar-refractivity contribution in [3.63, 3.8) is 0 Å². The molecule has 9 heteroatoms. The van der Waals surface area contributed by atoms with E-state index >= 15 is 0 Å². The number of ether oxygens (including phenoxy) is 1. The van der Waals surface area contributed by atoms with Crippen molar-refractivity contribution >= 4 is 17.3 Å². The SMILES string of the molecule is CCn1c(=O)c(C(=O)CNc2ccccc2CN2CCOCC2)c(N)n(Cc2ccccc2)c1=O. The molecule has 9 nitrogen and oxygen atoms in total. The van der Waals surface area contributed by atoms with Crippen LogP contribution < -0.4 is 22.3 Å². The van der Waals surface area contributed by atoms with Crippen LogP contribution in [-0.4, -0.2) is 52.7 Å². The van der Waals surface area contributed by atoms with Gasteiger partial charge >= 0.3 is 5.69 Å². The van der Waals surface area contributed by atoms with Crippen molar-refractivity contribution in [2.75, 3.05) is 43.9 Å². The zero-order valence-electron chi connectivity index (χ0n) is 19.9. The Morgan fingerprint density at radius 3 is 2.37 bits per heavy atom. The minimum atomic E-state index is -0.660. The van der Waals surface area contributed by atoms with Gasteiger partial charge in [-0.25, -0.2) is 4.79 Å². The average Bonchev–Trinajstić information content (AvgIpc) is 2.87. The summed E-state index contributed by atoms with van der Waals surface area (Å²) in [6.45, 7) is 5.73. The predicted octanol–water partition coefficient (Wildman–Crippen LogP) is 1.79. The molecule has 0 unspecified atom stereocenters. The molecular formula is C26H31N5O4. The lowest BCUT2D eigenvalue weighted by atomic mass is 10.1. The van der Waals surface area contributed by atoms with E-state index < -0.39 is 17.0 Å². The fourth-order valence-corrected chi connectivity index (χ4v) is 4.27. The van der Waals surface area contributed by atoms with E-state index in [4.69, 9.17) is 10.5 Å². The van der Waals surface area contributed by atoms with Crippen LogP contribution in [0.4, 0.5) is 11.5 Å². The number of hydrogen-bond donors (Lipinski definition) is 2. The van der Waals surface area contributed by atoms with Crippen molar-refractivity contribution in [1.82, 2.24) is 14.0 Å². The first-order chi connectivity index (χ1) is 17.0. The van der Waals surface area contributed by atoms with Crippen molar-refractivity contribution in [1.29, 1.82) is 0 Å². The second-order valence-electron chi connectivity index (χ2n) is 8.49. The second kappa shape index (κ2) is 11.2. The van der Waals surface area contributed by atoms with E-state index in [2.05, 4.69) is 10.2 Å². The van der Waals surface area contributed by atoms with E-state index in [0.717, 1.165) is 41.0 Å². The lowest BCUT2D eigenvalue weighted by Gasteiger charge is -2.27. The molecule has 1 fully saturated rings. The normalized spacial score (nSPS) is 14.1. The lowest BCUT2D eigenvalue weighted by Crippen LogP contribution is -2.44. The molecule has 1 aliphatic heterocycles. The predicted molar refractivity (Wildman–Crippen MR) is 136 cm³/mol. The van der Waals surface area contributed by atoms with Gasteiger partial charge in [-0.3, -0.25) is 23.6 Å². The topological polar surface area (TPSA) is 112 Å². The minimum Gasteiger partial charge on any atom is -0.384 e. The third kappa shape index (κ3) is 5.52. The molecule has 1 saturated heterocycles. The summed E-state index contributed by atoms with van der Waals surface area (Å²) in [6.07, 6.45) is 0. The summed E-state index contributed by atoms with van der Waals surface area (Å²) in [7, 11) is 0. The monoisotopic (exact) mass is 477 g/mol. The first kappa shape index (κ1) is 24.4. The Morgan fingerprint density at radius 2 is 1.66 bits per heavy atom. The molecule has 0 atom stereocenters. The number of rotatable bonds is 9. The van der Waals surface area contributed by atoms with Gasteiger partial charge in [0.1, 0.15) is 11.4 Å². The zero-order chi connectivity index (χ0) is 24.8. The van der Waals surface area contributed by atoms with Gasteiger partial charge in [-0.2, -0.15) is 0 Å². The molecular weight excluding hydrogens is 446 g/mol. The first-order valence-electron chi connectivity index (χ1n) is 11.8. The highest BCUT2D eigenvalue weighted by atomic mass is 16.5. The van der Waals surface area contributed by atoms with Crippen molar-refractivity contribution in [2.45, 2.75) is 26.6 Å². The molecule has 0 radical (unpaired) electrons. The van der Waals surface area contributed by atoms with Crippen LogP contribution in [0.15, 0.2) is 64.2 Å². The molecule has 0 spiro atoms. The van der Waals surface area contributed by atoms with Gasteiger partial charge < -0.3 is 15.8 Å². The number of aromatic nitrogens is 2. The summed E-state index contributed by atoms with van der Waals surface area (Å²) in [5.74, 6) is -0.570. The molecule has 0 amide bonds. The van der Waals surface area contributed by atoms with Crippen LogP contribution >= 0.6 is 0 Å². The van der Waals surface area contributed by atoms with Gasteiger partial charge in [-0.15, -0.1) is 0 Å². The average molecular weight is 478 g/mol. The zero-order valence-corrected chi connectivity index (χ0v) is 19.9. The van der Waals surface area contributed by atoms with Gasteiger partial charge in [0.25, 0.3) is 5.56 Å². The number of nitrogens with zero attached hydrogens (tertiary/aromatic N) is 3. The minimum absolute atomic E-state index is 0.109.